The van der Waals surface area contributed by atoms with Crippen LogP contribution in [0, 0.1) is 15.9 Å². The maximum absolute atomic E-state index is 13.4. The fourth-order valence-corrected chi connectivity index (χ4v) is 1.18. The first kappa shape index (κ1) is 11.5. The van der Waals surface area contributed by atoms with E-state index in [1.54, 1.807) is 0 Å². The van der Waals surface area contributed by atoms with Crippen molar-refractivity contribution in [1.29, 1.82) is 0 Å². The number of nitrogens with zero attached hydrogens (tertiary/aromatic N) is 1. The summed E-state index contributed by atoms with van der Waals surface area (Å²) in [6.07, 6.45) is -1.19. The Morgan fingerprint density at radius 2 is 2.20 bits per heavy atom. The Morgan fingerprint density at radius 3 is 2.60 bits per heavy atom. The van der Waals surface area contributed by atoms with Gasteiger partial charge in [0.2, 0.25) is 0 Å². The first-order valence-electron chi connectivity index (χ1n) is 4.31. The number of aliphatic hydroxyl groups is 1. The molecule has 5 nitrogen and oxygen atoms in total. The summed E-state index contributed by atoms with van der Waals surface area (Å²) in [5.74, 6) is -1.34. The Balaban J connectivity index is 3.08. The average Bonchev–Trinajstić information content (AvgIpc) is 2.16. The SMILES string of the molecule is C[C@H](c1ccc([N+](=O)[O-])cc1F)C(N)O. The number of halogens is 1. The van der Waals surface area contributed by atoms with Crippen LogP contribution < -0.4 is 5.73 Å². The van der Waals surface area contributed by atoms with Crippen LogP contribution in [0.4, 0.5) is 10.1 Å². The van der Waals surface area contributed by atoms with Gasteiger partial charge in [-0.15, -0.1) is 0 Å². The van der Waals surface area contributed by atoms with Crippen LogP contribution in [-0.2, 0) is 0 Å². The first-order valence-corrected chi connectivity index (χ1v) is 4.31. The molecule has 0 aliphatic heterocycles. The lowest BCUT2D eigenvalue weighted by molar-refractivity contribution is -0.385. The number of non-ortho nitro benzene ring substituents is 1. The van der Waals surface area contributed by atoms with Gasteiger partial charge in [0.05, 0.1) is 11.0 Å². The van der Waals surface area contributed by atoms with Gasteiger partial charge in [0.15, 0.2) is 0 Å². The molecule has 1 aromatic carbocycles. The van der Waals surface area contributed by atoms with Gasteiger partial charge in [-0.3, -0.25) is 10.1 Å². The molecule has 0 bridgehead atoms. The monoisotopic (exact) mass is 214 g/mol. The summed E-state index contributed by atoms with van der Waals surface area (Å²) in [4.78, 5) is 9.65. The molecule has 0 aromatic heterocycles. The maximum Gasteiger partial charge on any atom is 0.272 e. The number of aliphatic hydroxyl groups excluding tert-OH is 1. The van der Waals surface area contributed by atoms with Gasteiger partial charge >= 0.3 is 0 Å². The largest absolute Gasteiger partial charge is 0.378 e. The van der Waals surface area contributed by atoms with Crippen molar-refractivity contribution in [3.8, 4) is 0 Å². The van der Waals surface area contributed by atoms with Crippen molar-refractivity contribution in [2.24, 2.45) is 5.73 Å². The average molecular weight is 214 g/mol. The Bertz CT molecular complexity index is 382. The molecule has 1 rings (SSSR count). The van der Waals surface area contributed by atoms with Gasteiger partial charge in [0.1, 0.15) is 12.0 Å². The van der Waals surface area contributed by atoms with Gasteiger partial charge in [-0.2, -0.15) is 0 Å². The van der Waals surface area contributed by atoms with Gasteiger partial charge in [-0.05, 0) is 11.6 Å². The minimum absolute atomic E-state index is 0.163. The molecular weight excluding hydrogens is 203 g/mol. The molecule has 82 valence electrons. The van der Waals surface area contributed by atoms with E-state index >= 15 is 0 Å². The van der Waals surface area contributed by atoms with E-state index < -0.39 is 22.9 Å². The van der Waals surface area contributed by atoms with Gasteiger partial charge in [-0.1, -0.05) is 6.92 Å². The molecule has 0 radical (unpaired) electrons. The van der Waals surface area contributed by atoms with Crippen molar-refractivity contribution >= 4 is 5.69 Å². The van der Waals surface area contributed by atoms with E-state index in [1.807, 2.05) is 0 Å². The third-order valence-corrected chi connectivity index (χ3v) is 2.20. The van der Waals surface area contributed by atoms with Gasteiger partial charge in [-0.25, -0.2) is 4.39 Å². The highest BCUT2D eigenvalue weighted by Gasteiger charge is 2.18. The molecule has 1 unspecified atom stereocenters. The number of nitro groups is 1. The van der Waals surface area contributed by atoms with Crippen LogP contribution in [0.25, 0.3) is 0 Å². The van der Waals surface area contributed by atoms with Crippen LogP contribution in [-0.4, -0.2) is 16.3 Å². The summed E-state index contributed by atoms with van der Waals surface area (Å²) < 4.78 is 13.4. The topological polar surface area (TPSA) is 89.4 Å². The fourth-order valence-electron chi connectivity index (χ4n) is 1.18. The number of benzene rings is 1. The van der Waals surface area contributed by atoms with Crippen LogP contribution in [0.5, 0.6) is 0 Å². The van der Waals surface area contributed by atoms with E-state index in [1.165, 1.54) is 19.1 Å². The van der Waals surface area contributed by atoms with Crippen LogP contribution in [0.3, 0.4) is 0 Å². The fraction of sp³-hybridized carbons (Fsp3) is 0.333. The zero-order valence-electron chi connectivity index (χ0n) is 8.05. The van der Waals surface area contributed by atoms with Gasteiger partial charge in [0.25, 0.3) is 5.69 Å². The molecular formula is C9H11FN2O3. The van der Waals surface area contributed by atoms with Crippen LogP contribution in [0.15, 0.2) is 18.2 Å². The number of rotatable bonds is 3. The highest BCUT2D eigenvalue weighted by molar-refractivity contribution is 5.35. The molecule has 2 atom stereocenters. The lowest BCUT2D eigenvalue weighted by Crippen LogP contribution is -2.26. The summed E-state index contributed by atoms with van der Waals surface area (Å²) in [6.45, 7) is 1.54. The molecule has 0 saturated heterocycles. The van der Waals surface area contributed by atoms with Crippen LogP contribution in [0.2, 0.25) is 0 Å². The Labute approximate surface area is 85.5 Å². The standard InChI is InChI=1S/C9H11FN2O3/c1-5(9(11)13)7-3-2-6(12(14)15)4-8(7)10/h2-5,9,13H,11H2,1H3/t5-,9?/m1/s1. The maximum atomic E-state index is 13.4. The van der Waals surface area contributed by atoms with Crippen molar-refractivity contribution < 1.29 is 14.4 Å². The molecule has 0 fully saturated rings. The molecule has 15 heavy (non-hydrogen) atoms. The number of hydrogen-bond donors (Lipinski definition) is 2. The Hall–Kier alpha value is -1.53. The second kappa shape index (κ2) is 4.33. The van der Waals surface area contributed by atoms with Crippen LogP contribution >= 0.6 is 0 Å². The molecule has 0 aliphatic carbocycles. The molecule has 0 aliphatic rings. The second-order valence-corrected chi connectivity index (χ2v) is 3.24. The molecule has 0 spiro atoms. The Morgan fingerprint density at radius 1 is 1.60 bits per heavy atom. The summed E-state index contributed by atoms with van der Waals surface area (Å²) in [5, 5.41) is 19.4. The predicted octanol–water partition coefficient (Wildman–Crippen LogP) is 1.11. The van der Waals surface area contributed by atoms with Crippen molar-refractivity contribution in [3.63, 3.8) is 0 Å². The number of nitro benzene ring substituents is 1. The van der Waals surface area contributed by atoms with E-state index in [-0.39, 0.29) is 11.3 Å². The van der Waals surface area contributed by atoms with Gasteiger partial charge in [0, 0.05) is 12.0 Å². The number of hydrogen-bond acceptors (Lipinski definition) is 4. The molecule has 0 saturated carbocycles. The number of nitrogens with two attached hydrogens (primary N) is 1. The third-order valence-electron chi connectivity index (χ3n) is 2.20. The highest BCUT2D eigenvalue weighted by atomic mass is 19.1. The first-order chi connectivity index (χ1) is 6.93. The zero-order chi connectivity index (χ0) is 11.6. The van der Waals surface area contributed by atoms with E-state index in [0.29, 0.717) is 0 Å². The Kier molecular flexibility index (Phi) is 3.33. The molecule has 0 heterocycles. The smallest absolute Gasteiger partial charge is 0.272 e. The lowest BCUT2D eigenvalue weighted by atomic mass is 9.99. The van der Waals surface area contributed by atoms with E-state index in [4.69, 9.17) is 10.8 Å². The summed E-state index contributed by atoms with van der Waals surface area (Å²) in [6, 6.07) is 3.25. The van der Waals surface area contributed by atoms with Crippen molar-refractivity contribution in [1.82, 2.24) is 0 Å². The van der Waals surface area contributed by atoms with E-state index in [9.17, 15) is 14.5 Å². The molecule has 6 heteroatoms. The zero-order valence-corrected chi connectivity index (χ0v) is 8.05. The predicted molar refractivity (Wildman–Crippen MR) is 51.7 cm³/mol. The summed E-state index contributed by atoms with van der Waals surface area (Å²) in [5.41, 5.74) is 5.03. The normalized spacial score (nSPS) is 14.7. The van der Waals surface area contributed by atoms with Crippen molar-refractivity contribution in [2.45, 2.75) is 19.1 Å². The second-order valence-electron chi connectivity index (χ2n) is 3.24. The quantitative estimate of drug-likeness (QED) is 0.448. The van der Waals surface area contributed by atoms with E-state index in [2.05, 4.69) is 0 Å². The van der Waals surface area contributed by atoms with E-state index in [0.717, 1.165) is 6.07 Å². The minimum Gasteiger partial charge on any atom is -0.378 e. The van der Waals surface area contributed by atoms with Crippen molar-refractivity contribution in [3.05, 3.63) is 39.7 Å². The van der Waals surface area contributed by atoms with Crippen molar-refractivity contribution in [2.75, 3.05) is 0 Å². The molecule has 3 N–H and O–H groups in total. The lowest BCUT2D eigenvalue weighted by Gasteiger charge is -2.15. The minimum atomic E-state index is -1.19. The molecule has 0 amide bonds. The summed E-state index contributed by atoms with van der Waals surface area (Å²) >= 11 is 0. The summed E-state index contributed by atoms with van der Waals surface area (Å²) in [7, 11) is 0. The van der Waals surface area contributed by atoms with Crippen LogP contribution in [0.1, 0.15) is 18.4 Å². The molecule has 1 aromatic rings. The van der Waals surface area contributed by atoms with Gasteiger partial charge < -0.3 is 10.8 Å². The third kappa shape index (κ3) is 2.48. The highest BCUT2D eigenvalue weighted by Crippen LogP contribution is 2.24.